The number of carbonyl (C=O) groups excluding carboxylic acids is 1. The molecule has 0 aliphatic carbocycles. The van der Waals surface area contributed by atoms with Gasteiger partial charge in [0.1, 0.15) is 5.82 Å². The molecule has 2 heterocycles. The first kappa shape index (κ1) is 19.1. The number of hydrogen-bond donors (Lipinski definition) is 2. The van der Waals surface area contributed by atoms with Crippen LogP contribution in [0.25, 0.3) is 0 Å². The normalized spacial score (nSPS) is 14.3. The molecule has 0 saturated carbocycles. The van der Waals surface area contributed by atoms with Gasteiger partial charge in [-0.05, 0) is 38.4 Å². The predicted molar refractivity (Wildman–Crippen MR) is 108 cm³/mol. The second-order valence-electron chi connectivity index (χ2n) is 6.73. The Bertz CT molecular complexity index is 742. The molecule has 0 unspecified atom stereocenters. The lowest BCUT2D eigenvalue weighted by Crippen LogP contribution is -2.36. The second-order valence-corrected chi connectivity index (χ2v) is 6.73. The highest BCUT2D eigenvalue weighted by Gasteiger charge is 2.15. The number of pyridine rings is 1. The van der Waals surface area contributed by atoms with E-state index in [1.165, 1.54) is 0 Å². The van der Waals surface area contributed by atoms with Crippen molar-refractivity contribution in [2.45, 2.75) is 0 Å². The first-order valence-electron chi connectivity index (χ1n) is 9.21. The fourth-order valence-electron chi connectivity index (χ4n) is 2.89. The molecule has 3 rings (SSSR count). The van der Waals surface area contributed by atoms with E-state index in [1.807, 2.05) is 43.3 Å². The molecule has 1 aliphatic heterocycles. The van der Waals surface area contributed by atoms with Crippen molar-refractivity contribution in [1.82, 2.24) is 15.2 Å². The monoisotopic (exact) mass is 369 g/mol. The number of nitrogens with zero attached hydrogens (tertiary/aromatic N) is 3. The van der Waals surface area contributed by atoms with Gasteiger partial charge in [0.25, 0.3) is 5.91 Å². The third-order valence-electron chi connectivity index (χ3n) is 4.39. The van der Waals surface area contributed by atoms with Crippen LogP contribution in [0.2, 0.25) is 0 Å². The zero-order valence-electron chi connectivity index (χ0n) is 15.9. The largest absolute Gasteiger partial charge is 0.378 e. The number of benzene rings is 1. The maximum atomic E-state index is 12.1. The SMILES string of the molecule is CN(C)CCNC(=O)c1ccc(Nc2ccccc2N2CCOCC2)nc1. The van der Waals surface area contributed by atoms with E-state index < -0.39 is 0 Å². The van der Waals surface area contributed by atoms with Crippen molar-refractivity contribution in [3.8, 4) is 0 Å². The van der Waals surface area contributed by atoms with Gasteiger partial charge in [-0.15, -0.1) is 0 Å². The number of rotatable bonds is 7. The average molecular weight is 369 g/mol. The Morgan fingerprint density at radius 2 is 1.96 bits per heavy atom. The lowest BCUT2D eigenvalue weighted by molar-refractivity contribution is 0.0950. The van der Waals surface area contributed by atoms with E-state index in [9.17, 15) is 4.79 Å². The summed E-state index contributed by atoms with van der Waals surface area (Å²) in [5.41, 5.74) is 2.68. The highest BCUT2D eigenvalue weighted by Crippen LogP contribution is 2.28. The second kappa shape index (κ2) is 9.34. The molecule has 0 atom stereocenters. The van der Waals surface area contributed by atoms with Gasteiger partial charge < -0.3 is 25.2 Å². The molecule has 1 saturated heterocycles. The highest BCUT2D eigenvalue weighted by molar-refractivity contribution is 5.94. The highest BCUT2D eigenvalue weighted by atomic mass is 16.5. The predicted octanol–water partition coefficient (Wildman–Crippen LogP) is 1.95. The average Bonchev–Trinajstić information content (AvgIpc) is 2.69. The Morgan fingerprint density at radius 1 is 1.19 bits per heavy atom. The van der Waals surface area contributed by atoms with Crippen LogP contribution in [0.15, 0.2) is 42.6 Å². The topological polar surface area (TPSA) is 69.7 Å². The molecule has 2 N–H and O–H groups in total. The molecule has 27 heavy (non-hydrogen) atoms. The zero-order chi connectivity index (χ0) is 19.1. The van der Waals surface area contributed by atoms with Gasteiger partial charge in [0.2, 0.25) is 0 Å². The minimum absolute atomic E-state index is 0.107. The standard InChI is InChI=1S/C20H27N5O2/c1-24(2)10-9-21-20(26)16-7-8-19(22-15-16)23-17-5-3-4-6-18(17)25-11-13-27-14-12-25/h3-8,15H,9-14H2,1-2H3,(H,21,26)(H,22,23). The number of amides is 1. The molecule has 0 bridgehead atoms. The molecule has 1 aromatic carbocycles. The van der Waals surface area contributed by atoms with Crippen LogP contribution in [0, 0.1) is 0 Å². The fourth-order valence-corrected chi connectivity index (χ4v) is 2.89. The van der Waals surface area contributed by atoms with Gasteiger partial charge in [0.15, 0.2) is 0 Å². The van der Waals surface area contributed by atoms with Crippen LogP contribution >= 0.6 is 0 Å². The first-order chi connectivity index (χ1) is 13.1. The third kappa shape index (κ3) is 5.42. The van der Waals surface area contributed by atoms with Crippen molar-refractivity contribution in [1.29, 1.82) is 0 Å². The van der Waals surface area contributed by atoms with Gasteiger partial charge in [-0.1, -0.05) is 12.1 Å². The third-order valence-corrected chi connectivity index (χ3v) is 4.39. The maximum Gasteiger partial charge on any atom is 0.252 e. The summed E-state index contributed by atoms with van der Waals surface area (Å²) < 4.78 is 5.44. The van der Waals surface area contributed by atoms with E-state index in [0.717, 1.165) is 44.2 Å². The van der Waals surface area contributed by atoms with E-state index in [1.54, 1.807) is 12.3 Å². The number of nitrogens with one attached hydrogen (secondary N) is 2. The summed E-state index contributed by atoms with van der Waals surface area (Å²) in [5, 5.41) is 6.25. The number of anilines is 3. The van der Waals surface area contributed by atoms with Crippen LogP contribution in [0.5, 0.6) is 0 Å². The van der Waals surface area contributed by atoms with E-state index in [4.69, 9.17) is 4.74 Å². The van der Waals surface area contributed by atoms with Gasteiger partial charge in [0.05, 0.1) is 30.2 Å². The van der Waals surface area contributed by atoms with Crippen LogP contribution in [-0.4, -0.2) is 69.3 Å². The lowest BCUT2D eigenvalue weighted by Gasteiger charge is -2.30. The number of hydrogen-bond acceptors (Lipinski definition) is 6. The van der Waals surface area contributed by atoms with Gasteiger partial charge in [-0.2, -0.15) is 0 Å². The van der Waals surface area contributed by atoms with Gasteiger partial charge in [-0.25, -0.2) is 4.98 Å². The van der Waals surface area contributed by atoms with Crippen molar-refractivity contribution in [2.24, 2.45) is 0 Å². The molecule has 1 amide bonds. The molecule has 2 aromatic rings. The quantitative estimate of drug-likeness (QED) is 0.778. The van der Waals surface area contributed by atoms with Gasteiger partial charge in [0, 0.05) is 32.4 Å². The molecule has 1 fully saturated rings. The van der Waals surface area contributed by atoms with Gasteiger partial charge in [-0.3, -0.25) is 4.79 Å². The summed E-state index contributed by atoms with van der Waals surface area (Å²) in [7, 11) is 3.95. The minimum Gasteiger partial charge on any atom is -0.378 e. The smallest absolute Gasteiger partial charge is 0.252 e. The molecule has 144 valence electrons. The van der Waals surface area contributed by atoms with Crippen molar-refractivity contribution in [2.75, 3.05) is 63.7 Å². The number of likely N-dealkylation sites (N-methyl/N-ethyl adjacent to an activating group) is 1. The molecule has 0 spiro atoms. The molecule has 7 nitrogen and oxygen atoms in total. The minimum atomic E-state index is -0.107. The summed E-state index contributed by atoms with van der Waals surface area (Å²) in [5.74, 6) is 0.602. The van der Waals surface area contributed by atoms with Crippen LogP contribution in [0.1, 0.15) is 10.4 Å². The van der Waals surface area contributed by atoms with E-state index >= 15 is 0 Å². The molecule has 7 heteroatoms. The number of ether oxygens (including phenoxy) is 1. The summed E-state index contributed by atoms with van der Waals surface area (Å²) >= 11 is 0. The zero-order valence-corrected chi connectivity index (χ0v) is 15.9. The molecule has 1 aliphatic rings. The summed E-state index contributed by atoms with van der Waals surface area (Å²) in [6.07, 6.45) is 1.60. The molecule has 1 aromatic heterocycles. The van der Waals surface area contributed by atoms with Crippen molar-refractivity contribution < 1.29 is 9.53 Å². The Balaban J connectivity index is 1.64. The number of morpholine rings is 1. The van der Waals surface area contributed by atoms with Crippen molar-refractivity contribution >= 4 is 23.1 Å². The molecular weight excluding hydrogens is 342 g/mol. The number of para-hydroxylation sites is 2. The Morgan fingerprint density at radius 3 is 2.67 bits per heavy atom. The number of carbonyl (C=O) groups is 1. The lowest BCUT2D eigenvalue weighted by atomic mass is 10.2. The summed E-state index contributed by atoms with van der Waals surface area (Å²) in [4.78, 5) is 20.9. The van der Waals surface area contributed by atoms with E-state index in [-0.39, 0.29) is 5.91 Å². The van der Waals surface area contributed by atoms with E-state index in [2.05, 4.69) is 26.6 Å². The summed E-state index contributed by atoms with van der Waals surface area (Å²) in [6.45, 7) is 4.64. The Kier molecular flexibility index (Phi) is 6.62. The molecule has 0 radical (unpaired) electrons. The maximum absolute atomic E-state index is 12.1. The van der Waals surface area contributed by atoms with Crippen LogP contribution in [-0.2, 0) is 4.74 Å². The summed E-state index contributed by atoms with van der Waals surface area (Å²) in [6, 6.07) is 11.8. The number of aromatic nitrogens is 1. The fraction of sp³-hybridized carbons (Fsp3) is 0.400. The van der Waals surface area contributed by atoms with Crippen LogP contribution < -0.4 is 15.5 Å². The van der Waals surface area contributed by atoms with E-state index in [0.29, 0.717) is 17.9 Å². The Hall–Kier alpha value is -2.64. The van der Waals surface area contributed by atoms with Crippen LogP contribution in [0.3, 0.4) is 0 Å². The van der Waals surface area contributed by atoms with Crippen molar-refractivity contribution in [3.05, 3.63) is 48.2 Å². The Labute approximate surface area is 160 Å². The first-order valence-corrected chi connectivity index (χ1v) is 9.21. The van der Waals surface area contributed by atoms with Crippen molar-refractivity contribution in [3.63, 3.8) is 0 Å². The van der Waals surface area contributed by atoms with Crippen LogP contribution in [0.4, 0.5) is 17.2 Å². The van der Waals surface area contributed by atoms with Gasteiger partial charge >= 0.3 is 0 Å². The molecular formula is C20H27N5O2.